The van der Waals surface area contributed by atoms with E-state index in [9.17, 15) is 18.9 Å². The molecule has 1 rings (SSSR count). The lowest BCUT2D eigenvalue weighted by molar-refractivity contribution is -0.384. The van der Waals surface area contributed by atoms with Gasteiger partial charge in [-0.3, -0.25) is 10.1 Å². The molecule has 1 aromatic rings. The molecular weight excluding hydrogens is 272 g/mol. The van der Waals surface area contributed by atoms with Crippen molar-refractivity contribution in [1.82, 2.24) is 0 Å². The summed E-state index contributed by atoms with van der Waals surface area (Å²) >= 11 is 0. The maximum Gasteiger partial charge on any atom is 0.353 e. The number of alkyl halides is 2. The molecule has 0 aromatic heterocycles. The van der Waals surface area contributed by atoms with E-state index in [0.717, 1.165) is 0 Å². The van der Waals surface area contributed by atoms with Crippen LogP contribution >= 0.6 is 0 Å². The molecule has 1 aromatic carbocycles. The highest BCUT2D eigenvalue weighted by Gasteiger charge is 2.42. The van der Waals surface area contributed by atoms with Crippen LogP contribution in [0, 0.1) is 10.1 Å². The van der Waals surface area contributed by atoms with Crippen molar-refractivity contribution in [2.75, 3.05) is 0 Å². The molecule has 0 N–H and O–H groups in total. The van der Waals surface area contributed by atoms with Crippen molar-refractivity contribution in [1.29, 1.82) is 0 Å². The van der Waals surface area contributed by atoms with Gasteiger partial charge in [0, 0.05) is 12.1 Å². The Bertz CT molecular complexity index is 457. The van der Waals surface area contributed by atoms with Gasteiger partial charge in [-0.15, -0.1) is 0 Å². The molecule has 4 nitrogen and oxygen atoms in total. The van der Waals surface area contributed by atoms with Crippen LogP contribution in [-0.2, 0) is 4.43 Å². The van der Waals surface area contributed by atoms with E-state index in [1.165, 1.54) is 31.2 Å². The number of nitro groups is 1. The third-order valence-corrected chi connectivity index (χ3v) is 3.43. The molecule has 0 fully saturated rings. The molecule has 0 aliphatic heterocycles. The average Bonchev–Trinajstić information content (AvgIpc) is 2.25. The van der Waals surface area contributed by atoms with E-state index in [0.29, 0.717) is 5.56 Å². The van der Waals surface area contributed by atoms with Gasteiger partial charge in [-0.2, -0.15) is 8.78 Å². The van der Waals surface area contributed by atoms with Gasteiger partial charge in [-0.1, -0.05) is 19.1 Å². The quantitative estimate of drug-likeness (QED) is 0.465. The van der Waals surface area contributed by atoms with Crippen LogP contribution in [0.1, 0.15) is 18.4 Å². The zero-order valence-electron chi connectivity index (χ0n) is 11.3. The predicted octanol–water partition coefficient (Wildman–Crippen LogP) is 4.14. The van der Waals surface area contributed by atoms with Crippen molar-refractivity contribution >= 4 is 14.0 Å². The van der Waals surface area contributed by atoms with E-state index in [4.69, 9.17) is 4.43 Å². The van der Waals surface area contributed by atoms with Gasteiger partial charge >= 0.3 is 6.11 Å². The highest BCUT2D eigenvalue weighted by molar-refractivity contribution is 6.69. The highest BCUT2D eigenvalue weighted by atomic mass is 28.4. The van der Waals surface area contributed by atoms with Crippen molar-refractivity contribution in [2.24, 2.45) is 0 Å². The molecule has 0 bridgehead atoms. The van der Waals surface area contributed by atoms with Gasteiger partial charge in [0.25, 0.3) is 5.69 Å². The number of non-ortho nitro benzene ring substituents is 1. The number of hydrogen-bond acceptors (Lipinski definition) is 3. The zero-order chi connectivity index (χ0) is 14.8. The molecule has 0 spiro atoms. The summed E-state index contributed by atoms with van der Waals surface area (Å²) in [5.74, 6) is -1.15. The second-order valence-electron chi connectivity index (χ2n) is 5.35. The van der Waals surface area contributed by atoms with Crippen LogP contribution < -0.4 is 0 Å². The Hall–Kier alpha value is -1.34. The van der Waals surface area contributed by atoms with Crippen LogP contribution in [0.15, 0.2) is 24.3 Å². The first-order valence-electron chi connectivity index (χ1n) is 5.85. The molecule has 0 aliphatic carbocycles. The minimum atomic E-state index is -3.28. The standard InChI is InChI=1S/C12H17F2NO3Si/c1-9(12(13,14)18-19(2,3)4)10-5-7-11(8-6-10)15(16)17/h5-9H,1-4H3. The van der Waals surface area contributed by atoms with Crippen LogP contribution in [-0.4, -0.2) is 19.3 Å². The smallest absolute Gasteiger partial charge is 0.353 e. The second-order valence-corrected chi connectivity index (χ2v) is 9.78. The fraction of sp³-hybridized carbons (Fsp3) is 0.500. The van der Waals surface area contributed by atoms with Crippen molar-refractivity contribution in [3.8, 4) is 0 Å². The fourth-order valence-corrected chi connectivity index (χ4v) is 2.57. The first-order chi connectivity index (χ1) is 8.53. The van der Waals surface area contributed by atoms with Gasteiger partial charge in [0.2, 0.25) is 0 Å². The molecule has 7 heteroatoms. The summed E-state index contributed by atoms with van der Waals surface area (Å²) in [7, 11) is -2.38. The maximum atomic E-state index is 13.9. The maximum absolute atomic E-state index is 13.9. The number of halogens is 2. The Morgan fingerprint density at radius 2 is 1.74 bits per heavy atom. The highest BCUT2D eigenvalue weighted by Crippen LogP contribution is 2.36. The predicted molar refractivity (Wildman–Crippen MR) is 70.9 cm³/mol. The molecule has 0 radical (unpaired) electrons. The van der Waals surface area contributed by atoms with E-state index in [1.54, 1.807) is 19.6 Å². The molecular formula is C12H17F2NO3Si. The minimum Gasteiger partial charge on any atom is -0.362 e. The Kier molecular flexibility index (Phi) is 4.41. The molecule has 0 amide bonds. The molecule has 19 heavy (non-hydrogen) atoms. The number of benzene rings is 1. The SMILES string of the molecule is CC(c1ccc([N+](=O)[O-])cc1)C(F)(F)O[Si](C)(C)C. The zero-order valence-corrected chi connectivity index (χ0v) is 12.3. The fourth-order valence-electron chi connectivity index (χ4n) is 1.58. The Balaban J connectivity index is 2.93. The van der Waals surface area contributed by atoms with Crippen molar-refractivity contribution < 1.29 is 18.1 Å². The van der Waals surface area contributed by atoms with Crippen molar-refractivity contribution in [3.05, 3.63) is 39.9 Å². The van der Waals surface area contributed by atoms with Crippen LogP contribution in [0.4, 0.5) is 14.5 Å². The van der Waals surface area contributed by atoms with Crippen LogP contribution in [0.25, 0.3) is 0 Å². The molecule has 0 heterocycles. The van der Waals surface area contributed by atoms with E-state index < -0.39 is 25.3 Å². The van der Waals surface area contributed by atoms with Gasteiger partial charge in [0.05, 0.1) is 10.8 Å². The Morgan fingerprint density at radius 1 is 1.26 bits per heavy atom. The lowest BCUT2D eigenvalue weighted by atomic mass is 10.00. The number of nitro benzene ring substituents is 1. The number of hydrogen-bond donors (Lipinski definition) is 0. The van der Waals surface area contributed by atoms with E-state index >= 15 is 0 Å². The van der Waals surface area contributed by atoms with E-state index in [-0.39, 0.29) is 5.69 Å². The van der Waals surface area contributed by atoms with Gasteiger partial charge in [-0.05, 0) is 25.2 Å². The van der Waals surface area contributed by atoms with Gasteiger partial charge in [0.1, 0.15) is 0 Å². The molecule has 1 atom stereocenters. The average molecular weight is 289 g/mol. The molecule has 1 unspecified atom stereocenters. The summed E-state index contributed by atoms with van der Waals surface area (Å²) in [6, 6.07) is 5.11. The van der Waals surface area contributed by atoms with Crippen LogP contribution in [0.2, 0.25) is 19.6 Å². The Morgan fingerprint density at radius 3 is 2.11 bits per heavy atom. The summed E-state index contributed by atoms with van der Waals surface area (Å²) in [4.78, 5) is 9.94. The van der Waals surface area contributed by atoms with Crippen molar-refractivity contribution in [3.63, 3.8) is 0 Å². The summed E-state index contributed by atoms with van der Waals surface area (Å²) in [6.45, 7) is 6.40. The summed E-state index contributed by atoms with van der Waals surface area (Å²) in [5.41, 5.74) is 0.194. The third kappa shape index (κ3) is 4.36. The summed E-state index contributed by atoms with van der Waals surface area (Å²) in [6.07, 6.45) is -3.28. The van der Waals surface area contributed by atoms with Gasteiger partial charge < -0.3 is 4.43 Å². The number of nitrogens with zero attached hydrogens (tertiary/aromatic N) is 1. The molecule has 106 valence electrons. The third-order valence-electron chi connectivity index (χ3n) is 2.55. The van der Waals surface area contributed by atoms with Gasteiger partial charge in [0.15, 0.2) is 8.32 Å². The van der Waals surface area contributed by atoms with Crippen LogP contribution in [0.5, 0.6) is 0 Å². The van der Waals surface area contributed by atoms with E-state index in [2.05, 4.69) is 0 Å². The van der Waals surface area contributed by atoms with Crippen LogP contribution in [0.3, 0.4) is 0 Å². The lowest BCUT2D eigenvalue weighted by Gasteiger charge is -2.30. The van der Waals surface area contributed by atoms with Crippen molar-refractivity contribution in [2.45, 2.75) is 38.6 Å². The second kappa shape index (κ2) is 5.34. The number of rotatable bonds is 5. The Labute approximate surface area is 111 Å². The summed E-state index contributed by atoms with van der Waals surface area (Å²) in [5, 5.41) is 10.5. The lowest BCUT2D eigenvalue weighted by Crippen LogP contribution is -2.39. The molecule has 0 aliphatic rings. The van der Waals surface area contributed by atoms with E-state index in [1.807, 2.05) is 0 Å². The first kappa shape index (κ1) is 15.7. The largest absolute Gasteiger partial charge is 0.362 e. The normalized spacial score (nSPS) is 14.2. The first-order valence-corrected chi connectivity index (χ1v) is 9.26. The molecule has 0 saturated carbocycles. The minimum absolute atomic E-state index is 0.120. The summed E-state index contributed by atoms with van der Waals surface area (Å²) < 4.78 is 32.8. The topological polar surface area (TPSA) is 52.4 Å². The molecule has 0 saturated heterocycles. The monoisotopic (exact) mass is 289 g/mol. The van der Waals surface area contributed by atoms with Gasteiger partial charge in [-0.25, -0.2) is 0 Å².